The van der Waals surface area contributed by atoms with Crippen molar-refractivity contribution in [2.24, 2.45) is 11.3 Å². The Morgan fingerprint density at radius 1 is 1.10 bits per heavy atom. The average molecular weight is 540 g/mol. The summed E-state index contributed by atoms with van der Waals surface area (Å²) in [6, 6.07) is 8.06. The molecule has 3 aromatic rings. The van der Waals surface area contributed by atoms with Crippen molar-refractivity contribution < 1.29 is 32.5 Å². The maximum atomic E-state index is 15.8. The second kappa shape index (κ2) is 9.88. The van der Waals surface area contributed by atoms with E-state index < -0.39 is 34.8 Å². The molecule has 0 radical (unpaired) electrons. The molecule has 39 heavy (non-hydrogen) atoms. The minimum atomic E-state index is -0.977. The normalized spacial score (nSPS) is 20.0. The highest BCUT2D eigenvalue weighted by molar-refractivity contribution is 5.75. The quantitative estimate of drug-likeness (QED) is 0.349. The number of pyridine rings is 1. The minimum absolute atomic E-state index is 0.0376. The lowest BCUT2D eigenvalue weighted by Crippen LogP contribution is -2.47. The number of halogens is 3. The van der Waals surface area contributed by atoms with Gasteiger partial charge < -0.3 is 14.6 Å². The molecule has 0 bridgehead atoms. The summed E-state index contributed by atoms with van der Waals surface area (Å²) in [5, 5.41) is 9.64. The van der Waals surface area contributed by atoms with Gasteiger partial charge in [0.1, 0.15) is 18.2 Å². The van der Waals surface area contributed by atoms with Gasteiger partial charge in [0.25, 0.3) is 0 Å². The summed E-state index contributed by atoms with van der Waals surface area (Å²) in [4.78, 5) is 15.7. The smallest absolute Gasteiger partial charge is 0.307 e. The zero-order valence-corrected chi connectivity index (χ0v) is 22.5. The molecule has 0 saturated heterocycles. The molecule has 1 aromatic heterocycles. The standard InChI is InChI=1S/C31H32F3NO4/c1-30(2,3)14-18-11-17(5-6-19(18)21-12-26(38-4)35-15-24(21)33)16-39-25-13-23(32)20-7-9-31(27(20)28(25)34)10-8-22(31)29(36)37/h5-6,11-13,15,22H,7-10,14,16H2,1-4H3,(H,36,37)/t22-,31+/m1/s1. The van der Waals surface area contributed by atoms with E-state index >= 15 is 8.78 Å². The number of carboxylic acids is 1. The van der Waals surface area contributed by atoms with Crippen molar-refractivity contribution >= 4 is 5.97 Å². The van der Waals surface area contributed by atoms with E-state index in [-0.39, 0.29) is 28.9 Å². The lowest BCUT2D eigenvalue weighted by atomic mass is 9.57. The Labute approximate surface area is 226 Å². The Balaban J connectivity index is 1.47. The predicted octanol–water partition coefficient (Wildman–Crippen LogP) is 7.02. The van der Waals surface area contributed by atoms with Crippen molar-refractivity contribution in [2.75, 3.05) is 7.11 Å². The molecule has 2 aliphatic carbocycles. The second-order valence-electron chi connectivity index (χ2n) is 11.8. The van der Waals surface area contributed by atoms with E-state index in [1.165, 1.54) is 7.11 Å². The number of benzene rings is 2. The van der Waals surface area contributed by atoms with Crippen LogP contribution in [0.5, 0.6) is 11.6 Å². The third-order valence-corrected chi connectivity index (χ3v) is 8.06. The van der Waals surface area contributed by atoms with Gasteiger partial charge in [-0.25, -0.2) is 18.2 Å². The molecule has 1 spiro atoms. The van der Waals surface area contributed by atoms with Gasteiger partial charge >= 0.3 is 5.97 Å². The van der Waals surface area contributed by atoms with Gasteiger partial charge in [0.2, 0.25) is 5.88 Å². The van der Waals surface area contributed by atoms with Crippen molar-refractivity contribution in [3.63, 3.8) is 0 Å². The summed E-state index contributed by atoms with van der Waals surface area (Å²) in [5.41, 5.74) is 2.07. The van der Waals surface area contributed by atoms with Crippen molar-refractivity contribution in [1.82, 2.24) is 4.98 Å². The number of hydrogen-bond donors (Lipinski definition) is 1. The lowest BCUT2D eigenvalue weighted by molar-refractivity contribution is -0.149. The van der Waals surface area contributed by atoms with Crippen molar-refractivity contribution in [2.45, 2.75) is 64.9 Å². The fraction of sp³-hybridized carbons (Fsp3) is 0.419. The first-order chi connectivity index (χ1) is 18.4. The molecular formula is C31H32F3NO4. The number of nitrogens with zero attached hydrogens (tertiary/aromatic N) is 1. The van der Waals surface area contributed by atoms with Crippen LogP contribution in [0.4, 0.5) is 13.2 Å². The predicted molar refractivity (Wildman–Crippen MR) is 140 cm³/mol. The SMILES string of the molecule is COc1cc(-c2ccc(COc3cc(F)c4c(c3F)[C@@]3(CC4)CC[C@@H]3C(=O)O)cc2CC(C)(C)C)c(F)cn1. The molecule has 1 saturated carbocycles. The minimum Gasteiger partial charge on any atom is -0.486 e. The number of aromatic nitrogens is 1. The molecule has 1 N–H and O–H groups in total. The van der Waals surface area contributed by atoms with Gasteiger partial charge in [0.15, 0.2) is 11.6 Å². The van der Waals surface area contributed by atoms with Crippen LogP contribution in [0.3, 0.4) is 0 Å². The summed E-state index contributed by atoms with van der Waals surface area (Å²) in [6.07, 6.45) is 3.46. The van der Waals surface area contributed by atoms with Crippen molar-refractivity contribution in [1.29, 1.82) is 0 Å². The number of rotatable bonds is 7. The van der Waals surface area contributed by atoms with Crippen LogP contribution in [0.25, 0.3) is 11.1 Å². The number of aliphatic carboxylic acids is 1. The fourth-order valence-electron chi connectivity index (χ4n) is 6.19. The Bertz CT molecular complexity index is 1450. The van der Waals surface area contributed by atoms with Crippen LogP contribution in [0.1, 0.15) is 62.3 Å². The van der Waals surface area contributed by atoms with Crippen LogP contribution in [-0.4, -0.2) is 23.2 Å². The molecule has 1 heterocycles. The molecule has 2 atom stereocenters. The Morgan fingerprint density at radius 3 is 2.51 bits per heavy atom. The van der Waals surface area contributed by atoms with E-state index in [2.05, 4.69) is 25.8 Å². The van der Waals surface area contributed by atoms with E-state index in [1.54, 1.807) is 18.2 Å². The van der Waals surface area contributed by atoms with E-state index in [4.69, 9.17) is 9.47 Å². The third kappa shape index (κ3) is 4.85. The highest BCUT2D eigenvalue weighted by atomic mass is 19.1. The molecule has 0 amide bonds. The van der Waals surface area contributed by atoms with Gasteiger partial charge in [-0.05, 0) is 59.8 Å². The molecule has 5 nitrogen and oxygen atoms in total. The molecule has 5 rings (SSSR count). The van der Waals surface area contributed by atoms with E-state index in [0.29, 0.717) is 54.7 Å². The summed E-state index contributed by atoms with van der Waals surface area (Å²) >= 11 is 0. The topological polar surface area (TPSA) is 68.7 Å². The van der Waals surface area contributed by atoms with Gasteiger partial charge in [-0.3, -0.25) is 4.79 Å². The first-order valence-electron chi connectivity index (χ1n) is 13.1. The van der Waals surface area contributed by atoms with Crippen LogP contribution in [0, 0.1) is 28.8 Å². The van der Waals surface area contributed by atoms with Gasteiger partial charge in [0, 0.05) is 28.7 Å². The number of carbonyl (C=O) groups is 1. The average Bonchev–Trinajstić information content (AvgIpc) is 3.28. The van der Waals surface area contributed by atoms with Crippen LogP contribution >= 0.6 is 0 Å². The fourth-order valence-corrected chi connectivity index (χ4v) is 6.19. The maximum absolute atomic E-state index is 15.8. The van der Waals surface area contributed by atoms with E-state index in [0.717, 1.165) is 17.8 Å². The number of carboxylic acid groups (broad SMARTS) is 1. The van der Waals surface area contributed by atoms with Crippen molar-refractivity contribution in [3.8, 4) is 22.8 Å². The van der Waals surface area contributed by atoms with Gasteiger partial charge in [-0.15, -0.1) is 0 Å². The Hall–Kier alpha value is -3.55. The lowest BCUT2D eigenvalue weighted by Gasteiger charge is -2.45. The van der Waals surface area contributed by atoms with Crippen LogP contribution in [0.2, 0.25) is 0 Å². The number of fused-ring (bicyclic) bond motifs is 2. The summed E-state index contributed by atoms with van der Waals surface area (Å²) in [5.74, 6) is -3.35. The Morgan fingerprint density at radius 2 is 1.87 bits per heavy atom. The second-order valence-corrected chi connectivity index (χ2v) is 11.8. The molecule has 0 unspecified atom stereocenters. The number of hydrogen-bond acceptors (Lipinski definition) is 4. The monoisotopic (exact) mass is 539 g/mol. The molecule has 8 heteroatoms. The first kappa shape index (κ1) is 27.0. The van der Waals surface area contributed by atoms with Crippen LogP contribution in [0.15, 0.2) is 36.5 Å². The highest BCUT2D eigenvalue weighted by Gasteiger charge is 2.57. The zero-order chi connectivity index (χ0) is 28.1. The number of methoxy groups -OCH3 is 1. The molecule has 2 aliphatic rings. The molecular weight excluding hydrogens is 507 g/mol. The summed E-state index contributed by atoms with van der Waals surface area (Å²) in [6.45, 7) is 6.19. The van der Waals surface area contributed by atoms with Crippen LogP contribution < -0.4 is 9.47 Å². The zero-order valence-electron chi connectivity index (χ0n) is 22.5. The van der Waals surface area contributed by atoms with Crippen LogP contribution in [-0.2, 0) is 29.7 Å². The van der Waals surface area contributed by atoms with Crippen molar-refractivity contribution in [3.05, 3.63) is 76.2 Å². The highest BCUT2D eigenvalue weighted by Crippen LogP contribution is 2.58. The molecule has 1 fully saturated rings. The first-order valence-corrected chi connectivity index (χ1v) is 13.1. The third-order valence-electron chi connectivity index (χ3n) is 8.06. The molecule has 206 valence electrons. The summed E-state index contributed by atoms with van der Waals surface area (Å²) in [7, 11) is 1.47. The summed E-state index contributed by atoms with van der Waals surface area (Å²) < 4.78 is 56.6. The Kier molecular flexibility index (Phi) is 6.85. The maximum Gasteiger partial charge on any atom is 0.307 e. The molecule has 0 aliphatic heterocycles. The van der Waals surface area contributed by atoms with Gasteiger partial charge in [0.05, 0.1) is 19.2 Å². The van der Waals surface area contributed by atoms with E-state index in [9.17, 15) is 14.3 Å². The largest absolute Gasteiger partial charge is 0.486 e. The molecule has 2 aromatic carbocycles. The van der Waals surface area contributed by atoms with Gasteiger partial charge in [-0.2, -0.15) is 0 Å². The van der Waals surface area contributed by atoms with Gasteiger partial charge in [-0.1, -0.05) is 39.0 Å². The number of ether oxygens (including phenoxy) is 2. The van der Waals surface area contributed by atoms with E-state index in [1.807, 2.05) is 6.07 Å².